The first kappa shape index (κ1) is 14.6. The molecule has 1 atom stereocenters. The van der Waals surface area contributed by atoms with Gasteiger partial charge < -0.3 is 5.32 Å². The molecule has 0 radical (unpaired) electrons. The van der Waals surface area contributed by atoms with Gasteiger partial charge in [0.25, 0.3) is 0 Å². The fourth-order valence-electron chi connectivity index (χ4n) is 3.48. The number of benzene rings is 1. The van der Waals surface area contributed by atoms with E-state index in [9.17, 15) is 0 Å². The lowest BCUT2D eigenvalue weighted by atomic mass is 9.83. The van der Waals surface area contributed by atoms with Crippen LogP contribution in [0.3, 0.4) is 0 Å². The second-order valence-electron chi connectivity index (χ2n) is 6.19. The van der Waals surface area contributed by atoms with Crippen LogP contribution in [0.1, 0.15) is 70.4 Å². The lowest BCUT2D eigenvalue weighted by Gasteiger charge is -2.31. The molecule has 0 aliphatic heterocycles. The molecule has 0 aromatic heterocycles. The standard InChI is InChI=1S/C18H29N/c1-3-10-17(16-11-6-5-7-12-16)19-15-18(4-2)13-8-9-14-18/h5-7,11-12,17,19H,3-4,8-10,13-15H2,1-2H3. The van der Waals surface area contributed by atoms with Crippen LogP contribution in [0, 0.1) is 5.41 Å². The zero-order valence-corrected chi connectivity index (χ0v) is 12.6. The molecule has 106 valence electrons. The maximum Gasteiger partial charge on any atom is 0.0320 e. The van der Waals surface area contributed by atoms with Gasteiger partial charge in [0.15, 0.2) is 0 Å². The highest BCUT2D eigenvalue weighted by Crippen LogP contribution is 2.40. The summed E-state index contributed by atoms with van der Waals surface area (Å²) in [5.41, 5.74) is 2.04. The maximum absolute atomic E-state index is 3.87. The third kappa shape index (κ3) is 3.82. The van der Waals surface area contributed by atoms with Gasteiger partial charge in [0.2, 0.25) is 0 Å². The normalized spacial score (nSPS) is 19.5. The molecule has 1 aromatic carbocycles. The van der Waals surface area contributed by atoms with E-state index < -0.39 is 0 Å². The predicted octanol–water partition coefficient (Wildman–Crippen LogP) is 5.09. The minimum atomic E-state index is 0.537. The molecule has 0 amide bonds. The van der Waals surface area contributed by atoms with E-state index >= 15 is 0 Å². The molecule has 1 heteroatoms. The Kier molecular flexibility index (Phi) is 5.45. The number of nitrogens with one attached hydrogen (secondary N) is 1. The van der Waals surface area contributed by atoms with Gasteiger partial charge in [-0.05, 0) is 36.7 Å². The molecule has 1 fully saturated rings. The molecule has 19 heavy (non-hydrogen) atoms. The lowest BCUT2D eigenvalue weighted by Crippen LogP contribution is -2.34. The number of hydrogen-bond acceptors (Lipinski definition) is 1. The fraction of sp³-hybridized carbons (Fsp3) is 0.667. The van der Waals surface area contributed by atoms with Crippen molar-refractivity contribution in [2.24, 2.45) is 5.41 Å². The van der Waals surface area contributed by atoms with Crippen LogP contribution in [0.15, 0.2) is 30.3 Å². The SMILES string of the molecule is CCCC(NCC1(CC)CCCC1)c1ccccc1. The van der Waals surface area contributed by atoms with E-state index in [0.29, 0.717) is 11.5 Å². The average molecular weight is 259 g/mol. The first-order chi connectivity index (χ1) is 9.29. The van der Waals surface area contributed by atoms with E-state index in [1.807, 2.05) is 0 Å². The molecule has 1 aliphatic carbocycles. The van der Waals surface area contributed by atoms with Crippen LogP contribution >= 0.6 is 0 Å². The van der Waals surface area contributed by atoms with E-state index in [2.05, 4.69) is 49.5 Å². The smallest absolute Gasteiger partial charge is 0.0320 e. The van der Waals surface area contributed by atoms with Crippen LogP contribution in [0.4, 0.5) is 0 Å². The van der Waals surface area contributed by atoms with Gasteiger partial charge in [0.05, 0.1) is 0 Å². The number of hydrogen-bond donors (Lipinski definition) is 1. The molecule has 1 saturated carbocycles. The third-order valence-corrected chi connectivity index (χ3v) is 4.92. The highest BCUT2D eigenvalue weighted by Gasteiger charge is 2.32. The van der Waals surface area contributed by atoms with Crippen molar-refractivity contribution in [2.45, 2.75) is 64.8 Å². The van der Waals surface area contributed by atoms with Gasteiger partial charge in [-0.25, -0.2) is 0 Å². The van der Waals surface area contributed by atoms with Gasteiger partial charge in [-0.2, -0.15) is 0 Å². The van der Waals surface area contributed by atoms with Crippen LogP contribution in [-0.4, -0.2) is 6.54 Å². The molecule has 1 N–H and O–H groups in total. The minimum Gasteiger partial charge on any atom is -0.309 e. The summed E-state index contributed by atoms with van der Waals surface area (Å²) in [5, 5.41) is 3.87. The Morgan fingerprint density at radius 3 is 2.37 bits per heavy atom. The van der Waals surface area contributed by atoms with Crippen LogP contribution in [-0.2, 0) is 0 Å². The topological polar surface area (TPSA) is 12.0 Å². The van der Waals surface area contributed by atoms with Crippen LogP contribution in [0.5, 0.6) is 0 Å². The molecule has 0 heterocycles. The predicted molar refractivity (Wildman–Crippen MR) is 83.3 cm³/mol. The molecule has 1 unspecified atom stereocenters. The van der Waals surface area contributed by atoms with Crippen molar-refractivity contribution < 1.29 is 0 Å². The maximum atomic E-state index is 3.87. The minimum absolute atomic E-state index is 0.537. The molecule has 2 rings (SSSR count). The van der Waals surface area contributed by atoms with Crippen LogP contribution in [0.25, 0.3) is 0 Å². The molecule has 0 spiro atoms. The molecule has 0 saturated heterocycles. The van der Waals surface area contributed by atoms with Gasteiger partial charge >= 0.3 is 0 Å². The zero-order chi connectivity index (χ0) is 13.6. The second-order valence-corrected chi connectivity index (χ2v) is 6.19. The van der Waals surface area contributed by atoms with Crippen molar-refractivity contribution in [1.82, 2.24) is 5.32 Å². The van der Waals surface area contributed by atoms with E-state index in [1.165, 1.54) is 57.1 Å². The molecule has 0 bridgehead atoms. The number of rotatable bonds is 7. The lowest BCUT2D eigenvalue weighted by molar-refractivity contribution is 0.253. The Balaban J connectivity index is 1.97. The van der Waals surface area contributed by atoms with Crippen molar-refractivity contribution in [3.05, 3.63) is 35.9 Å². The highest BCUT2D eigenvalue weighted by atomic mass is 14.9. The zero-order valence-electron chi connectivity index (χ0n) is 12.6. The molecule has 1 nitrogen and oxygen atoms in total. The Hall–Kier alpha value is -0.820. The van der Waals surface area contributed by atoms with Gasteiger partial charge in [-0.1, -0.05) is 63.4 Å². The van der Waals surface area contributed by atoms with Gasteiger partial charge in [0.1, 0.15) is 0 Å². The summed E-state index contributed by atoms with van der Waals surface area (Å²) in [6, 6.07) is 11.5. The van der Waals surface area contributed by atoms with Crippen molar-refractivity contribution in [2.75, 3.05) is 6.54 Å². The van der Waals surface area contributed by atoms with Crippen molar-refractivity contribution in [3.8, 4) is 0 Å². The van der Waals surface area contributed by atoms with E-state index in [1.54, 1.807) is 0 Å². The van der Waals surface area contributed by atoms with Crippen LogP contribution in [0.2, 0.25) is 0 Å². The Labute approximate surface area is 118 Å². The van der Waals surface area contributed by atoms with Crippen LogP contribution < -0.4 is 5.32 Å². The Morgan fingerprint density at radius 1 is 1.11 bits per heavy atom. The second kappa shape index (κ2) is 7.09. The van der Waals surface area contributed by atoms with Crippen molar-refractivity contribution in [3.63, 3.8) is 0 Å². The summed E-state index contributed by atoms with van der Waals surface area (Å²) in [5.74, 6) is 0. The largest absolute Gasteiger partial charge is 0.309 e. The first-order valence-corrected chi connectivity index (χ1v) is 8.08. The molecule has 1 aliphatic rings. The summed E-state index contributed by atoms with van der Waals surface area (Å²) < 4.78 is 0. The third-order valence-electron chi connectivity index (χ3n) is 4.92. The quantitative estimate of drug-likeness (QED) is 0.719. The summed E-state index contributed by atoms with van der Waals surface area (Å²) in [6.45, 7) is 5.84. The van der Waals surface area contributed by atoms with E-state index in [-0.39, 0.29) is 0 Å². The Morgan fingerprint density at radius 2 is 1.79 bits per heavy atom. The fourth-order valence-corrected chi connectivity index (χ4v) is 3.48. The van der Waals surface area contributed by atoms with Crippen molar-refractivity contribution in [1.29, 1.82) is 0 Å². The van der Waals surface area contributed by atoms with Gasteiger partial charge in [-0.3, -0.25) is 0 Å². The van der Waals surface area contributed by atoms with E-state index in [0.717, 1.165) is 0 Å². The molecular formula is C18H29N. The summed E-state index contributed by atoms with van der Waals surface area (Å²) in [4.78, 5) is 0. The summed E-state index contributed by atoms with van der Waals surface area (Å²) in [7, 11) is 0. The first-order valence-electron chi connectivity index (χ1n) is 8.08. The summed E-state index contributed by atoms with van der Waals surface area (Å²) >= 11 is 0. The monoisotopic (exact) mass is 259 g/mol. The van der Waals surface area contributed by atoms with Crippen molar-refractivity contribution >= 4 is 0 Å². The highest BCUT2D eigenvalue weighted by molar-refractivity contribution is 5.18. The van der Waals surface area contributed by atoms with Gasteiger partial charge in [0, 0.05) is 12.6 Å². The average Bonchev–Trinajstić information content (AvgIpc) is 2.94. The van der Waals surface area contributed by atoms with E-state index in [4.69, 9.17) is 0 Å². The molecular weight excluding hydrogens is 230 g/mol. The summed E-state index contributed by atoms with van der Waals surface area (Å²) in [6.07, 6.45) is 9.51. The van der Waals surface area contributed by atoms with Gasteiger partial charge in [-0.15, -0.1) is 0 Å². The Bertz CT molecular complexity index is 351. The molecule has 1 aromatic rings.